The largest absolute Gasteiger partial charge is 0.416 e. The van der Waals surface area contributed by atoms with E-state index >= 15 is 0 Å². The highest BCUT2D eigenvalue weighted by Crippen LogP contribution is 2.38. The summed E-state index contributed by atoms with van der Waals surface area (Å²) in [7, 11) is 17.8. The Morgan fingerprint density at radius 2 is 0.832 bits per heavy atom. The van der Waals surface area contributed by atoms with Crippen LogP contribution in [0.2, 0.25) is 0 Å². The number of nitrogens with zero attached hydrogens (tertiary/aromatic N) is 12. The van der Waals surface area contributed by atoms with Gasteiger partial charge in [0.25, 0.3) is 0 Å². The zero-order chi connectivity index (χ0) is 74.3. The standard InChI is InChI=1S/C23H31N3.C22H26F3N3.C21H25F2N3.C18H21N3/c1-16-14-17(2)22(26-13-9-12-25(26)8)18(3)21(16)20-11-10-19(15-24(20)7)23(4,5)6;1-15-18(19-9-8-16(14-26(19)5)21(2,3)4)12-17(22(23,24)25)13-20(15)28-11-7-10-27(28)6;1-14-19(18-9-8-15(13-24(18)5)21(2,3)4)16(22)12-17(23)20(14)26-11-7-10-25(26)6;1-14-15(17-10-5-6-11-20(17)3)8-7-9-16(14)18-12-19(2)13-21(18)4/h9-15H,1-8H3;7-14H,1-6H3;7-13H,1-6H3;5-13H,1-4H3/q4*+2. The first kappa shape index (κ1) is 75.2. The summed E-state index contributed by atoms with van der Waals surface area (Å²) < 4.78 is 94.0. The van der Waals surface area contributed by atoms with Crippen molar-refractivity contribution in [1.29, 1.82) is 0 Å². The van der Waals surface area contributed by atoms with Gasteiger partial charge in [0.2, 0.25) is 29.1 Å². The van der Waals surface area contributed by atoms with Gasteiger partial charge in [0.15, 0.2) is 76.0 Å². The number of halogens is 5. The van der Waals surface area contributed by atoms with E-state index in [1.54, 1.807) is 57.4 Å². The smallest absolute Gasteiger partial charge is 0.239 e. The molecule has 0 spiro atoms. The molecule has 101 heavy (non-hydrogen) atoms. The van der Waals surface area contributed by atoms with Crippen molar-refractivity contribution >= 4 is 0 Å². The molecule has 0 atom stereocenters. The predicted molar refractivity (Wildman–Crippen MR) is 389 cm³/mol. The Morgan fingerprint density at radius 3 is 1.29 bits per heavy atom. The van der Waals surface area contributed by atoms with E-state index < -0.39 is 23.4 Å². The van der Waals surface area contributed by atoms with Gasteiger partial charge in [-0.05, 0) is 134 Å². The van der Waals surface area contributed by atoms with Gasteiger partial charge in [-0.1, -0.05) is 80.5 Å². The van der Waals surface area contributed by atoms with E-state index in [-0.39, 0.29) is 16.2 Å². The van der Waals surface area contributed by atoms with Crippen molar-refractivity contribution in [3.8, 4) is 73.3 Å². The van der Waals surface area contributed by atoms with Crippen molar-refractivity contribution in [3.63, 3.8) is 0 Å². The number of aryl methyl sites for hydroxylation is 11. The first-order valence-electron chi connectivity index (χ1n) is 34.2. The zero-order valence-corrected chi connectivity index (χ0v) is 63.7. The molecule has 0 amide bonds. The highest BCUT2D eigenvalue weighted by Gasteiger charge is 2.35. The minimum absolute atomic E-state index is 0.00325. The normalized spacial score (nSPS) is 11.8. The van der Waals surface area contributed by atoms with Crippen LogP contribution in [0.5, 0.6) is 0 Å². The summed E-state index contributed by atoms with van der Waals surface area (Å²) >= 11 is 0. The lowest BCUT2D eigenvalue weighted by atomic mass is 9.87. The molecular weight excluding hydrogens is 1270 g/mol. The van der Waals surface area contributed by atoms with Gasteiger partial charge in [0.1, 0.15) is 57.3 Å². The minimum Gasteiger partial charge on any atom is -0.239 e. The monoisotopic (exact) mass is 1370 g/mol. The van der Waals surface area contributed by atoms with Gasteiger partial charge in [0, 0.05) is 82.4 Å². The molecule has 0 saturated heterocycles. The summed E-state index contributed by atoms with van der Waals surface area (Å²) in [4.78, 5) is 0. The molecule has 12 nitrogen and oxygen atoms in total. The van der Waals surface area contributed by atoms with Crippen LogP contribution in [0.1, 0.15) is 118 Å². The molecule has 4 aromatic carbocycles. The van der Waals surface area contributed by atoms with Crippen LogP contribution in [0, 0.1) is 53.2 Å². The SMILES string of the molecule is Cc1c(-c2c[n+](C)cn2C)cccc1-c1cccc[n+]1C.Cc1c(-c2ccc(C(C)(C)C)c[n+]2C)c(F)cc(F)c1-n1ccc[n+]1C.Cc1c(-c2ccc(C(C)(C)C)c[n+]2C)cc(C(F)(F)F)cc1-n1ccc[n+]1C.Cc1cc(C)c(-n2ccc[n+]2C)c(C)c1-c1ccc(C(C)(C)C)c[n+]1C. The fraction of sp³-hybridized carbons (Fsp3) is 0.333. The molecule has 0 aliphatic carbocycles. The molecule has 0 aliphatic heterocycles. The Bertz CT molecular complexity index is 4870. The maximum atomic E-state index is 14.8. The van der Waals surface area contributed by atoms with Crippen molar-refractivity contribution in [2.24, 2.45) is 63.4 Å². The van der Waals surface area contributed by atoms with Crippen molar-refractivity contribution in [3.05, 3.63) is 257 Å². The summed E-state index contributed by atoms with van der Waals surface area (Å²) in [6.07, 6.45) is 19.5. The van der Waals surface area contributed by atoms with E-state index in [4.69, 9.17) is 0 Å². The van der Waals surface area contributed by atoms with Crippen molar-refractivity contribution < 1.29 is 58.8 Å². The van der Waals surface area contributed by atoms with E-state index in [0.29, 0.717) is 33.8 Å². The number of rotatable bonds is 8. The fourth-order valence-electron chi connectivity index (χ4n) is 13.5. The Kier molecular flexibility index (Phi) is 21.8. The van der Waals surface area contributed by atoms with Gasteiger partial charge >= 0.3 is 6.18 Å². The van der Waals surface area contributed by atoms with Gasteiger partial charge in [-0.25, -0.2) is 36.2 Å². The summed E-state index contributed by atoms with van der Waals surface area (Å²) in [5, 5.41) is 0. The van der Waals surface area contributed by atoms with Crippen LogP contribution in [0.15, 0.2) is 190 Å². The van der Waals surface area contributed by atoms with Crippen molar-refractivity contribution in [2.45, 2.75) is 126 Å². The number of pyridine rings is 4. The summed E-state index contributed by atoms with van der Waals surface area (Å²) in [6.45, 7) is 32.0. The Hall–Kier alpha value is -10.0. The molecule has 0 fully saturated rings. The second-order valence-electron chi connectivity index (χ2n) is 30.0. The van der Waals surface area contributed by atoms with Crippen molar-refractivity contribution in [2.75, 3.05) is 0 Å². The molecule has 17 heteroatoms. The molecule has 0 bridgehead atoms. The molecule has 0 saturated carbocycles. The third-order valence-corrected chi connectivity index (χ3v) is 19.2. The number of alkyl halides is 3. The van der Waals surface area contributed by atoms with Crippen LogP contribution in [-0.2, 0) is 85.9 Å². The molecular formula is C84H103F5N12+8. The fourth-order valence-corrected chi connectivity index (χ4v) is 13.5. The van der Waals surface area contributed by atoms with Gasteiger partial charge in [-0.2, -0.15) is 13.2 Å². The minimum atomic E-state index is -4.42. The van der Waals surface area contributed by atoms with E-state index in [2.05, 4.69) is 251 Å². The predicted octanol–water partition coefficient (Wildman–Crippen LogP) is 14.4. The van der Waals surface area contributed by atoms with Gasteiger partial charge < -0.3 is 0 Å². The van der Waals surface area contributed by atoms with Crippen LogP contribution in [0.4, 0.5) is 22.0 Å². The molecule has 0 N–H and O–H groups in total. The van der Waals surface area contributed by atoms with Gasteiger partial charge in [0.05, 0.1) is 54.9 Å². The highest BCUT2D eigenvalue weighted by atomic mass is 19.4. The lowest BCUT2D eigenvalue weighted by Gasteiger charge is -2.19. The van der Waals surface area contributed by atoms with Crippen LogP contribution in [0.3, 0.4) is 0 Å². The molecule has 0 unspecified atom stereocenters. The summed E-state index contributed by atoms with van der Waals surface area (Å²) in [5.41, 5.74) is 21.8. The lowest BCUT2D eigenvalue weighted by Crippen LogP contribution is -2.38. The van der Waals surface area contributed by atoms with Crippen molar-refractivity contribution in [1.82, 2.24) is 18.6 Å². The molecule has 526 valence electrons. The highest BCUT2D eigenvalue weighted by molar-refractivity contribution is 5.75. The zero-order valence-electron chi connectivity index (χ0n) is 63.7. The maximum Gasteiger partial charge on any atom is 0.416 e. The van der Waals surface area contributed by atoms with Crippen LogP contribution in [0.25, 0.3) is 73.3 Å². The van der Waals surface area contributed by atoms with E-state index in [9.17, 15) is 22.0 Å². The molecule has 0 aliphatic rings. The molecule has 12 rings (SSSR count). The van der Waals surface area contributed by atoms with Crippen LogP contribution >= 0.6 is 0 Å². The van der Waals surface area contributed by atoms with Crippen LogP contribution in [-0.4, -0.2) is 18.6 Å². The van der Waals surface area contributed by atoms with Gasteiger partial charge in [-0.3, -0.25) is 0 Å². The first-order valence-corrected chi connectivity index (χ1v) is 34.2. The molecule has 8 aromatic heterocycles. The molecule has 8 heterocycles. The number of aromatic nitrogens is 12. The number of hydrogen-bond acceptors (Lipinski definition) is 0. The lowest BCUT2D eigenvalue weighted by molar-refractivity contribution is -0.744. The van der Waals surface area contributed by atoms with Gasteiger partial charge in [-0.15, -0.1) is 28.1 Å². The number of benzene rings is 4. The first-order chi connectivity index (χ1) is 47.2. The summed E-state index contributed by atoms with van der Waals surface area (Å²) in [5.74, 6) is -1.14. The quantitative estimate of drug-likeness (QED) is 0.108. The average molecular weight is 1380 g/mol. The number of imidazole rings is 1. The van der Waals surface area contributed by atoms with E-state index in [0.717, 1.165) is 28.5 Å². The summed E-state index contributed by atoms with van der Waals surface area (Å²) in [6, 6.07) is 36.6. The molecule has 12 aromatic rings. The van der Waals surface area contributed by atoms with E-state index in [1.807, 2.05) is 86.1 Å². The van der Waals surface area contributed by atoms with Crippen LogP contribution < -0.4 is 36.9 Å². The topological polar surface area (TPSA) is 50.8 Å². The Labute approximate surface area is 594 Å². The Balaban J connectivity index is 0.000000158. The molecule has 0 radical (unpaired) electrons. The Morgan fingerprint density at radius 1 is 0.366 bits per heavy atom. The average Bonchev–Trinajstić information content (AvgIpc) is 1.60. The number of hydrogen-bond donors (Lipinski definition) is 0. The van der Waals surface area contributed by atoms with E-state index in [1.165, 1.54) is 79.4 Å². The second-order valence-corrected chi connectivity index (χ2v) is 30.0. The third kappa shape index (κ3) is 16.1. The maximum absolute atomic E-state index is 14.8. The second kappa shape index (κ2) is 29.3. The third-order valence-electron chi connectivity index (χ3n) is 19.2.